The number of nitrogens with one attached hydrogen (secondary N) is 1. The summed E-state index contributed by atoms with van der Waals surface area (Å²) in [6.45, 7) is 0.403. The van der Waals surface area contributed by atoms with Gasteiger partial charge in [0.2, 0.25) is 5.91 Å². The smallest absolute Gasteiger partial charge is 0.348 e. The van der Waals surface area contributed by atoms with Crippen molar-refractivity contribution in [2.45, 2.75) is 44.9 Å². The summed E-state index contributed by atoms with van der Waals surface area (Å²) in [6.07, 6.45) is 7.04. The molecule has 0 radical (unpaired) electrons. The summed E-state index contributed by atoms with van der Waals surface area (Å²) >= 11 is 1.49. The second-order valence-electron chi connectivity index (χ2n) is 7.44. The first-order valence-electron chi connectivity index (χ1n) is 10.1. The number of thiophene rings is 1. The molecule has 6 nitrogen and oxygen atoms in total. The molecule has 1 fully saturated rings. The lowest BCUT2D eigenvalue weighted by molar-refractivity contribution is -0.119. The Bertz CT molecular complexity index is 896. The molecule has 1 aliphatic carbocycles. The predicted molar refractivity (Wildman–Crippen MR) is 113 cm³/mol. The van der Waals surface area contributed by atoms with Gasteiger partial charge < -0.3 is 15.0 Å². The van der Waals surface area contributed by atoms with Crippen molar-refractivity contribution in [2.75, 3.05) is 23.4 Å². The Morgan fingerprint density at radius 2 is 1.83 bits per heavy atom. The Kier molecular flexibility index (Phi) is 5.94. The van der Waals surface area contributed by atoms with E-state index in [2.05, 4.69) is 5.32 Å². The van der Waals surface area contributed by atoms with E-state index >= 15 is 0 Å². The van der Waals surface area contributed by atoms with Crippen molar-refractivity contribution in [1.29, 1.82) is 0 Å². The van der Waals surface area contributed by atoms with E-state index < -0.39 is 5.97 Å². The van der Waals surface area contributed by atoms with E-state index in [9.17, 15) is 14.4 Å². The predicted octanol–water partition coefficient (Wildman–Crippen LogP) is 3.94. The Morgan fingerprint density at radius 1 is 1.03 bits per heavy atom. The van der Waals surface area contributed by atoms with Crippen molar-refractivity contribution in [3.05, 3.63) is 45.6 Å². The molecular weight excluding hydrogens is 388 g/mol. The van der Waals surface area contributed by atoms with Crippen molar-refractivity contribution >= 4 is 40.5 Å². The number of benzene rings is 1. The number of hydrogen-bond donors (Lipinski definition) is 1. The van der Waals surface area contributed by atoms with Crippen LogP contribution in [0, 0.1) is 0 Å². The summed E-state index contributed by atoms with van der Waals surface area (Å²) < 4.78 is 5.20. The maximum absolute atomic E-state index is 12.3. The van der Waals surface area contributed by atoms with Crippen LogP contribution in [0.2, 0.25) is 0 Å². The van der Waals surface area contributed by atoms with Crippen LogP contribution in [0.15, 0.2) is 30.3 Å². The highest BCUT2D eigenvalue weighted by molar-refractivity contribution is 7.14. The van der Waals surface area contributed by atoms with Gasteiger partial charge in [-0.05, 0) is 68.0 Å². The number of hydrogen-bond acceptors (Lipinski definition) is 5. The number of carbonyl (C=O) groups excluding carboxylic acids is 3. The van der Waals surface area contributed by atoms with Gasteiger partial charge in [-0.2, -0.15) is 0 Å². The molecule has 0 unspecified atom stereocenters. The van der Waals surface area contributed by atoms with Gasteiger partial charge in [0.05, 0.1) is 0 Å². The van der Waals surface area contributed by atoms with Gasteiger partial charge >= 0.3 is 5.97 Å². The van der Waals surface area contributed by atoms with E-state index in [1.54, 1.807) is 17.0 Å². The SMILES string of the molecule is O=C(COC(=O)c1cc2c(s1)CCCCC2)Nc1ccc(N2CCCC2=O)cc1. The van der Waals surface area contributed by atoms with Crippen LogP contribution >= 0.6 is 11.3 Å². The first-order valence-corrected chi connectivity index (χ1v) is 10.9. The Labute approximate surface area is 173 Å². The highest BCUT2D eigenvalue weighted by Crippen LogP contribution is 2.29. The molecule has 2 amide bonds. The van der Waals surface area contributed by atoms with Gasteiger partial charge in [-0.3, -0.25) is 9.59 Å². The van der Waals surface area contributed by atoms with E-state index in [4.69, 9.17) is 4.74 Å². The van der Waals surface area contributed by atoms with E-state index in [-0.39, 0.29) is 18.4 Å². The van der Waals surface area contributed by atoms with Gasteiger partial charge in [-0.25, -0.2) is 4.79 Å². The normalized spacial score (nSPS) is 16.3. The van der Waals surface area contributed by atoms with Gasteiger partial charge in [-0.15, -0.1) is 11.3 Å². The Balaban J connectivity index is 1.28. The quantitative estimate of drug-likeness (QED) is 0.596. The van der Waals surface area contributed by atoms with Gasteiger partial charge in [0, 0.05) is 29.2 Å². The number of fused-ring (bicyclic) bond motifs is 1. The molecular formula is C22H24N2O4S. The van der Waals surface area contributed by atoms with Crippen LogP contribution in [-0.4, -0.2) is 30.9 Å². The fraction of sp³-hybridized carbons (Fsp3) is 0.409. The second kappa shape index (κ2) is 8.78. The van der Waals surface area contributed by atoms with Gasteiger partial charge in [0.1, 0.15) is 4.88 Å². The van der Waals surface area contributed by atoms with Crippen molar-refractivity contribution in [2.24, 2.45) is 0 Å². The number of nitrogens with zero attached hydrogens (tertiary/aromatic N) is 1. The summed E-state index contributed by atoms with van der Waals surface area (Å²) in [5.74, 6) is -0.706. The molecule has 29 heavy (non-hydrogen) atoms. The molecule has 1 aromatic heterocycles. The third-order valence-electron chi connectivity index (χ3n) is 5.32. The zero-order valence-electron chi connectivity index (χ0n) is 16.2. The molecule has 1 aliphatic heterocycles. The van der Waals surface area contributed by atoms with Crippen LogP contribution < -0.4 is 10.2 Å². The highest BCUT2D eigenvalue weighted by atomic mass is 32.1. The molecule has 2 heterocycles. The van der Waals surface area contributed by atoms with Crippen molar-refractivity contribution in [3.8, 4) is 0 Å². The minimum absolute atomic E-state index is 0.125. The molecule has 1 N–H and O–H groups in total. The Morgan fingerprint density at radius 3 is 2.59 bits per heavy atom. The number of ether oxygens (including phenoxy) is 1. The van der Waals surface area contributed by atoms with Crippen molar-refractivity contribution in [1.82, 2.24) is 0 Å². The maximum atomic E-state index is 12.3. The molecule has 152 valence electrons. The van der Waals surface area contributed by atoms with Crippen LogP contribution in [0.4, 0.5) is 11.4 Å². The van der Waals surface area contributed by atoms with Crippen LogP contribution in [0.3, 0.4) is 0 Å². The average Bonchev–Trinajstić information content (AvgIpc) is 3.27. The summed E-state index contributed by atoms with van der Waals surface area (Å²) in [4.78, 5) is 39.8. The van der Waals surface area contributed by atoms with E-state index in [0.29, 0.717) is 17.0 Å². The lowest BCUT2D eigenvalue weighted by Gasteiger charge is -2.16. The van der Waals surface area contributed by atoms with Crippen LogP contribution in [0.1, 0.15) is 52.2 Å². The molecule has 0 bridgehead atoms. The number of esters is 1. The number of aryl methyl sites for hydroxylation is 2. The largest absolute Gasteiger partial charge is 0.451 e. The molecule has 4 rings (SSSR count). The van der Waals surface area contributed by atoms with E-state index in [0.717, 1.165) is 44.3 Å². The van der Waals surface area contributed by atoms with Crippen LogP contribution in [0.5, 0.6) is 0 Å². The topological polar surface area (TPSA) is 75.7 Å². The first-order chi connectivity index (χ1) is 14.1. The number of amides is 2. The molecule has 7 heteroatoms. The van der Waals surface area contributed by atoms with Crippen molar-refractivity contribution in [3.63, 3.8) is 0 Å². The third-order valence-corrected chi connectivity index (χ3v) is 6.54. The standard InChI is InChI=1S/C22H24N2O4S/c25-20(23-16-8-10-17(11-9-16)24-12-4-7-21(24)26)14-28-22(27)19-13-15-5-2-1-3-6-18(15)29-19/h8-11,13H,1-7,12,14H2,(H,23,25). The van der Waals surface area contributed by atoms with Crippen LogP contribution in [-0.2, 0) is 27.2 Å². The summed E-state index contributed by atoms with van der Waals surface area (Å²) in [7, 11) is 0. The number of anilines is 2. The summed E-state index contributed by atoms with van der Waals surface area (Å²) in [5, 5.41) is 2.72. The third kappa shape index (κ3) is 4.67. The molecule has 0 saturated carbocycles. The fourth-order valence-electron chi connectivity index (χ4n) is 3.81. The lowest BCUT2D eigenvalue weighted by atomic mass is 10.1. The molecule has 0 spiro atoms. The monoisotopic (exact) mass is 412 g/mol. The van der Waals surface area contributed by atoms with Gasteiger partial charge in [0.25, 0.3) is 5.91 Å². The molecule has 2 aliphatic rings. The molecule has 2 aromatic rings. The highest BCUT2D eigenvalue weighted by Gasteiger charge is 2.21. The first kappa shape index (κ1) is 19.6. The molecule has 0 atom stereocenters. The minimum Gasteiger partial charge on any atom is -0.451 e. The number of rotatable bonds is 5. The van der Waals surface area contributed by atoms with E-state index in [1.807, 2.05) is 18.2 Å². The van der Waals surface area contributed by atoms with Gasteiger partial charge in [-0.1, -0.05) is 6.42 Å². The minimum atomic E-state index is -0.443. The summed E-state index contributed by atoms with van der Waals surface area (Å²) in [5.41, 5.74) is 2.68. The fourth-order valence-corrected chi connectivity index (χ4v) is 4.96. The van der Waals surface area contributed by atoms with Crippen LogP contribution in [0.25, 0.3) is 0 Å². The molecule has 1 saturated heterocycles. The van der Waals surface area contributed by atoms with Crippen molar-refractivity contribution < 1.29 is 19.1 Å². The zero-order valence-corrected chi connectivity index (χ0v) is 17.1. The second-order valence-corrected chi connectivity index (χ2v) is 8.58. The molecule has 1 aromatic carbocycles. The van der Waals surface area contributed by atoms with E-state index in [1.165, 1.54) is 28.2 Å². The lowest BCUT2D eigenvalue weighted by Crippen LogP contribution is -2.23. The number of carbonyl (C=O) groups is 3. The Hall–Kier alpha value is -2.67. The zero-order chi connectivity index (χ0) is 20.2. The maximum Gasteiger partial charge on any atom is 0.348 e. The van der Waals surface area contributed by atoms with Gasteiger partial charge in [0.15, 0.2) is 6.61 Å². The average molecular weight is 413 g/mol. The summed E-state index contributed by atoms with van der Waals surface area (Å²) in [6, 6.07) is 9.03.